The number of hydrogen-bond acceptors (Lipinski definition) is 3. The molecule has 1 rings (SSSR count). The molecule has 18 heavy (non-hydrogen) atoms. The van der Waals surface area contributed by atoms with Crippen LogP contribution in [-0.4, -0.2) is 18.5 Å². The fourth-order valence-corrected chi connectivity index (χ4v) is 2.87. The molecule has 0 spiro atoms. The Bertz CT molecular complexity index is 338. The van der Waals surface area contributed by atoms with E-state index in [-0.39, 0.29) is 18.0 Å². The van der Waals surface area contributed by atoms with E-state index in [9.17, 15) is 4.79 Å². The van der Waals surface area contributed by atoms with Crippen LogP contribution in [0.5, 0.6) is 0 Å². The second kappa shape index (κ2) is 8.27. The van der Waals surface area contributed by atoms with Crippen LogP contribution >= 0.6 is 11.3 Å². The van der Waals surface area contributed by atoms with Crippen molar-refractivity contribution in [2.75, 3.05) is 6.54 Å². The van der Waals surface area contributed by atoms with Crippen molar-refractivity contribution in [3.63, 3.8) is 0 Å². The first-order valence-electron chi connectivity index (χ1n) is 6.73. The molecule has 0 fully saturated rings. The minimum Gasteiger partial charge on any atom is -0.353 e. The van der Waals surface area contributed by atoms with E-state index < -0.39 is 0 Å². The molecule has 1 aromatic heterocycles. The van der Waals surface area contributed by atoms with Crippen molar-refractivity contribution < 1.29 is 4.79 Å². The summed E-state index contributed by atoms with van der Waals surface area (Å²) in [5.74, 6) is 0.0888. The van der Waals surface area contributed by atoms with E-state index in [1.807, 2.05) is 6.07 Å². The molecule has 1 amide bonds. The SMILES string of the molecule is CCCC(C)NC(=O)CNC(CC)c1cccs1. The molecule has 4 heteroatoms. The Hall–Kier alpha value is -0.870. The third-order valence-corrected chi connectivity index (χ3v) is 3.92. The van der Waals surface area contributed by atoms with Crippen LogP contribution in [0.4, 0.5) is 0 Å². The lowest BCUT2D eigenvalue weighted by Crippen LogP contribution is -2.39. The van der Waals surface area contributed by atoms with E-state index in [1.165, 1.54) is 4.88 Å². The molecular weight excluding hydrogens is 244 g/mol. The summed E-state index contributed by atoms with van der Waals surface area (Å²) in [7, 11) is 0. The van der Waals surface area contributed by atoms with Crippen molar-refractivity contribution in [3.05, 3.63) is 22.4 Å². The summed E-state index contributed by atoms with van der Waals surface area (Å²) in [6, 6.07) is 4.72. The van der Waals surface area contributed by atoms with Crippen molar-refractivity contribution in [3.8, 4) is 0 Å². The molecule has 0 aliphatic carbocycles. The van der Waals surface area contributed by atoms with Gasteiger partial charge < -0.3 is 10.6 Å². The van der Waals surface area contributed by atoms with Crippen LogP contribution in [0.3, 0.4) is 0 Å². The Balaban J connectivity index is 2.32. The van der Waals surface area contributed by atoms with Crippen molar-refractivity contribution in [2.45, 2.75) is 52.1 Å². The Labute approximate surface area is 114 Å². The average Bonchev–Trinajstić information content (AvgIpc) is 2.83. The molecular formula is C14H24N2OS. The van der Waals surface area contributed by atoms with Gasteiger partial charge in [0.1, 0.15) is 0 Å². The van der Waals surface area contributed by atoms with Crippen molar-refractivity contribution in [1.29, 1.82) is 0 Å². The van der Waals surface area contributed by atoms with Gasteiger partial charge >= 0.3 is 0 Å². The lowest BCUT2D eigenvalue weighted by molar-refractivity contribution is -0.121. The average molecular weight is 268 g/mol. The fraction of sp³-hybridized carbons (Fsp3) is 0.643. The third-order valence-electron chi connectivity index (χ3n) is 2.93. The maximum atomic E-state index is 11.7. The largest absolute Gasteiger partial charge is 0.353 e. The van der Waals surface area contributed by atoms with Gasteiger partial charge in [0.05, 0.1) is 6.54 Å². The van der Waals surface area contributed by atoms with Crippen LogP contribution in [0.15, 0.2) is 17.5 Å². The van der Waals surface area contributed by atoms with Crippen LogP contribution in [-0.2, 0) is 4.79 Å². The van der Waals surface area contributed by atoms with Gasteiger partial charge in [-0.15, -0.1) is 11.3 Å². The van der Waals surface area contributed by atoms with Gasteiger partial charge in [-0.2, -0.15) is 0 Å². The van der Waals surface area contributed by atoms with Crippen molar-refractivity contribution in [1.82, 2.24) is 10.6 Å². The van der Waals surface area contributed by atoms with Crippen LogP contribution < -0.4 is 10.6 Å². The summed E-state index contributed by atoms with van der Waals surface area (Å²) >= 11 is 1.74. The van der Waals surface area contributed by atoms with E-state index in [1.54, 1.807) is 11.3 Å². The maximum absolute atomic E-state index is 11.7. The number of carbonyl (C=O) groups is 1. The van der Waals surface area contributed by atoms with Gasteiger partial charge in [0, 0.05) is 17.0 Å². The number of thiophene rings is 1. The number of carbonyl (C=O) groups excluding carboxylic acids is 1. The van der Waals surface area contributed by atoms with E-state index in [4.69, 9.17) is 0 Å². The Kier molecular flexibility index (Phi) is 6.98. The summed E-state index contributed by atoms with van der Waals surface area (Å²) in [5, 5.41) is 8.40. The molecule has 0 aliphatic rings. The minimum absolute atomic E-state index is 0.0888. The number of hydrogen-bond donors (Lipinski definition) is 2. The standard InChI is InChI=1S/C14H24N2OS/c1-4-7-11(3)16-14(17)10-15-12(5-2)13-8-6-9-18-13/h6,8-9,11-12,15H,4-5,7,10H2,1-3H3,(H,16,17). The third kappa shape index (κ3) is 5.19. The zero-order chi connectivity index (χ0) is 13.4. The Morgan fingerprint density at radius 3 is 2.78 bits per heavy atom. The molecule has 0 bridgehead atoms. The molecule has 2 atom stereocenters. The van der Waals surface area contributed by atoms with Crippen molar-refractivity contribution in [2.24, 2.45) is 0 Å². The van der Waals surface area contributed by atoms with Crippen molar-refractivity contribution >= 4 is 17.2 Å². The quantitative estimate of drug-likeness (QED) is 0.760. The molecule has 2 N–H and O–H groups in total. The highest BCUT2D eigenvalue weighted by molar-refractivity contribution is 7.10. The molecule has 0 aliphatic heterocycles. The second-order valence-corrected chi connectivity index (χ2v) is 5.59. The fourth-order valence-electron chi connectivity index (χ4n) is 1.98. The molecule has 1 aromatic rings. The number of nitrogens with one attached hydrogen (secondary N) is 2. The van der Waals surface area contributed by atoms with Gasteiger partial charge in [0.25, 0.3) is 0 Å². The summed E-state index contributed by atoms with van der Waals surface area (Å²) in [6.07, 6.45) is 3.13. The van der Waals surface area contributed by atoms with Gasteiger partial charge in [-0.3, -0.25) is 4.79 Å². The van der Waals surface area contributed by atoms with Gasteiger partial charge in [-0.1, -0.05) is 26.3 Å². The topological polar surface area (TPSA) is 41.1 Å². The van der Waals surface area contributed by atoms with E-state index in [2.05, 4.69) is 42.9 Å². The van der Waals surface area contributed by atoms with Crippen LogP contribution in [0, 0.1) is 0 Å². The van der Waals surface area contributed by atoms with Crippen LogP contribution in [0.2, 0.25) is 0 Å². The highest BCUT2D eigenvalue weighted by Gasteiger charge is 2.12. The Morgan fingerprint density at radius 2 is 2.22 bits per heavy atom. The number of rotatable bonds is 8. The van der Waals surface area contributed by atoms with Gasteiger partial charge in [-0.05, 0) is 31.2 Å². The molecule has 102 valence electrons. The van der Waals surface area contributed by atoms with E-state index in [0.29, 0.717) is 6.54 Å². The molecule has 0 aromatic carbocycles. The smallest absolute Gasteiger partial charge is 0.234 e. The normalized spacial score (nSPS) is 14.2. The van der Waals surface area contributed by atoms with Gasteiger partial charge in [0.15, 0.2) is 0 Å². The minimum atomic E-state index is 0.0888. The summed E-state index contributed by atoms with van der Waals surface area (Å²) in [5.41, 5.74) is 0. The highest BCUT2D eigenvalue weighted by atomic mass is 32.1. The first-order valence-corrected chi connectivity index (χ1v) is 7.61. The molecule has 1 heterocycles. The summed E-state index contributed by atoms with van der Waals surface area (Å²) in [4.78, 5) is 13.0. The first kappa shape index (κ1) is 15.2. The highest BCUT2D eigenvalue weighted by Crippen LogP contribution is 2.21. The van der Waals surface area contributed by atoms with Gasteiger partial charge in [0.2, 0.25) is 5.91 Å². The summed E-state index contributed by atoms with van der Waals surface area (Å²) < 4.78 is 0. The number of amides is 1. The zero-order valence-corrected chi connectivity index (χ0v) is 12.3. The van der Waals surface area contributed by atoms with Crippen LogP contribution in [0.25, 0.3) is 0 Å². The lowest BCUT2D eigenvalue weighted by atomic mass is 10.2. The maximum Gasteiger partial charge on any atom is 0.234 e. The Morgan fingerprint density at radius 1 is 1.44 bits per heavy atom. The van der Waals surface area contributed by atoms with E-state index >= 15 is 0 Å². The molecule has 0 saturated heterocycles. The molecule has 3 nitrogen and oxygen atoms in total. The zero-order valence-electron chi connectivity index (χ0n) is 11.5. The van der Waals surface area contributed by atoms with E-state index in [0.717, 1.165) is 19.3 Å². The lowest BCUT2D eigenvalue weighted by Gasteiger charge is -2.17. The predicted molar refractivity (Wildman–Crippen MR) is 77.9 cm³/mol. The second-order valence-electron chi connectivity index (χ2n) is 4.61. The van der Waals surface area contributed by atoms with Crippen LogP contribution in [0.1, 0.15) is 51.0 Å². The molecule has 0 radical (unpaired) electrons. The molecule has 2 unspecified atom stereocenters. The predicted octanol–water partition coefficient (Wildman–Crippen LogP) is 3.09. The molecule has 0 saturated carbocycles. The van der Waals surface area contributed by atoms with Gasteiger partial charge in [-0.25, -0.2) is 0 Å². The summed E-state index contributed by atoms with van der Waals surface area (Å²) in [6.45, 7) is 6.71. The monoisotopic (exact) mass is 268 g/mol. The first-order chi connectivity index (χ1) is 8.67.